The molecule has 1 unspecified atom stereocenters. The van der Waals surface area contributed by atoms with Crippen molar-refractivity contribution >= 4 is 29.3 Å². The molecule has 0 aliphatic carbocycles. The number of rotatable bonds is 4. The second-order valence-electron chi connectivity index (χ2n) is 6.06. The molecular weight excluding hydrogens is 327 g/mol. The van der Waals surface area contributed by atoms with Gasteiger partial charge in [-0.05, 0) is 30.2 Å². The van der Waals surface area contributed by atoms with E-state index in [0.29, 0.717) is 16.9 Å². The van der Waals surface area contributed by atoms with Crippen LogP contribution in [0.3, 0.4) is 0 Å². The van der Waals surface area contributed by atoms with Crippen molar-refractivity contribution in [1.82, 2.24) is 10.2 Å². The average molecular weight is 352 g/mol. The Morgan fingerprint density at radius 2 is 2.12 bits per heavy atom. The topological polar surface area (TPSA) is 56.7 Å². The second kappa shape index (κ2) is 8.92. The number of carbonyl (C=O) groups is 1. The smallest absolute Gasteiger partial charge is 0.243 e. The van der Waals surface area contributed by atoms with Crippen LogP contribution in [0.4, 0.5) is 10.1 Å². The molecule has 1 amide bonds. The first kappa shape index (κ1) is 18.6. The molecule has 7 heteroatoms. The SMILES string of the molecule is CN=C(NCC(=O)Nc1ccc(F)cc1)N1CCSC(C(C)C)C1. The van der Waals surface area contributed by atoms with Crippen molar-refractivity contribution in [3.05, 3.63) is 30.1 Å². The number of amides is 1. The van der Waals surface area contributed by atoms with Gasteiger partial charge in [-0.3, -0.25) is 9.79 Å². The van der Waals surface area contributed by atoms with Gasteiger partial charge in [0.1, 0.15) is 5.82 Å². The number of carbonyl (C=O) groups excluding carboxylic acids is 1. The number of halogens is 1. The monoisotopic (exact) mass is 352 g/mol. The van der Waals surface area contributed by atoms with E-state index >= 15 is 0 Å². The molecule has 1 fully saturated rings. The van der Waals surface area contributed by atoms with Gasteiger partial charge in [-0.25, -0.2) is 4.39 Å². The van der Waals surface area contributed by atoms with Gasteiger partial charge in [0.15, 0.2) is 5.96 Å². The Morgan fingerprint density at radius 1 is 1.42 bits per heavy atom. The van der Waals surface area contributed by atoms with Crippen LogP contribution in [-0.2, 0) is 4.79 Å². The Bertz CT molecular complexity index is 576. The van der Waals surface area contributed by atoms with Crippen LogP contribution in [0, 0.1) is 11.7 Å². The van der Waals surface area contributed by atoms with E-state index in [9.17, 15) is 9.18 Å². The summed E-state index contributed by atoms with van der Waals surface area (Å²) in [6.07, 6.45) is 0. The zero-order chi connectivity index (χ0) is 17.5. The van der Waals surface area contributed by atoms with Crippen molar-refractivity contribution in [3.8, 4) is 0 Å². The van der Waals surface area contributed by atoms with Crippen LogP contribution in [0.1, 0.15) is 13.8 Å². The van der Waals surface area contributed by atoms with Gasteiger partial charge in [0.05, 0.1) is 6.54 Å². The van der Waals surface area contributed by atoms with Crippen molar-refractivity contribution in [2.75, 3.05) is 37.8 Å². The average Bonchev–Trinajstić information content (AvgIpc) is 2.58. The quantitative estimate of drug-likeness (QED) is 0.645. The fourth-order valence-corrected chi connectivity index (χ4v) is 3.80. The summed E-state index contributed by atoms with van der Waals surface area (Å²) >= 11 is 2.00. The Morgan fingerprint density at radius 3 is 2.75 bits per heavy atom. The zero-order valence-corrected chi connectivity index (χ0v) is 15.2. The number of thioether (sulfide) groups is 1. The van der Waals surface area contributed by atoms with E-state index in [-0.39, 0.29) is 18.3 Å². The van der Waals surface area contributed by atoms with Crippen LogP contribution in [0.5, 0.6) is 0 Å². The minimum Gasteiger partial charge on any atom is -0.347 e. The molecule has 0 saturated carbocycles. The maximum Gasteiger partial charge on any atom is 0.243 e. The Hall–Kier alpha value is -1.76. The molecule has 1 atom stereocenters. The Kier molecular flexibility index (Phi) is 6.90. The molecule has 5 nitrogen and oxygen atoms in total. The van der Waals surface area contributed by atoms with Crippen LogP contribution in [-0.4, -0.2) is 54.5 Å². The fourth-order valence-electron chi connectivity index (χ4n) is 2.50. The molecule has 1 heterocycles. The molecule has 1 aromatic carbocycles. The Balaban J connectivity index is 1.84. The van der Waals surface area contributed by atoms with Gasteiger partial charge < -0.3 is 15.5 Å². The summed E-state index contributed by atoms with van der Waals surface area (Å²) in [6, 6.07) is 5.72. The van der Waals surface area contributed by atoms with Crippen LogP contribution in [0.2, 0.25) is 0 Å². The number of aliphatic imine (C=N–C) groups is 1. The molecular formula is C17H25FN4OS. The third-order valence-corrected chi connectivity index (χ3v) is 5.42. The first-order valence-electron chi connectivity index (χ1n) is 8.12. The molecule has 0 bridgehead atoms. The van der Waals surface area contributed by atoms with Crippen LogP contribution in [0.15, 0.2) is 29.3 Å². The lowest BCUT2D eigenvalue weighted by molar-refractivity contribution is -0.115. The van der Waals surface area contributed by atoms with Gasteiger partial charge in [-0.1, -0.05) is 13.8 Å². The second-order valence-corrected chi connectivity index (χ2v) is 7.40. The van der Waals surface area contributed by atoms with Crippen molar-refractivity contribution in [3.63, 3.8) is 0 Å². The number of anilines is 1. The maximum atomic E-state index is 12.9. The molecule has 2 rings (SSSR count). The van der Waals surface area contributed by atoms with Crippen LogP contribution in [0.25, 0.3) is 0 Å². The van der Waals surface area contributed by atoms with Gasteiger partial charge in [0.2, 0.25) is 5.91 Å². The number of hydrogen-bond acceptors (Lipinski definition) is 3. The summed E-state index contributed by atoms with van der Waals surface area (Å²) in [7, 11) is 1.73. The van der Waals surface area contributed by atoms with Gasteiger partial charge in [-0.2, -0.15) is 11.8 Å². The third-order valence-electron chi connectivity index (χ3n) is 3.88. The highest BCUT2D eigenvalue weighted by Gasteiger charge is 2.25. The largest absolute Gasteiger partial charge is 0.347 e. The number of benzene rings is 1. The van der Waals surface area contributed by atoms with Gasteiger partial charge in [0, 0.05) is 36.8 Å². The summed E-state index contributed by atoms with van der Waals surface area (Å²) < 4.78 is 12.9. The minimum absolute atomic E-state index is 0.125. The van der Waals surface area contributed by atoms with E-state index < -0.39 is 0 Å². The fraction of sp³-hybridized carbons (Fsp3) is 0.529. The van der Waals surface area contributed by atoms with E-state index in [1.165, 1.54) is 24.3 Å². The molecule has 1 aliphatic heterocycles. The van der Waals surface area contributed by atoms with Crippen LogP contribution >= 0.6 is 11.8 Å². The number of hydrogen-bond donors (Lipinski definition) is 2. The molecule has 1 aliphatic rings. The van der Waals surface area contributed by atoms with Crippen molar-refractivity contribution < 1.29 is 9.18 Å². The molecule has 0 spiro atoms. The van der Waals surface area contributed by atoms with Gasteiger partial charge in [-0.15, -0.1) is 0 Å². The first-order valence-corrected chi connectivity index (χ1v) is 9.17. The summed E-state index contributed by atoms with van der Waals surface area (Å²) in [6.45, 7) is 6.44. The van der Waals surface area contributed by atoms with E-state index in [1.807, 2.05) is 11.8 Å². The number of nitrogens with zero attached hydrogens (tertiary/aromatic N) is 2. The lowest BCUT2D eigenvalue weighted by atomic mass is 10.1. The third kappa shape index (κ3) is 5.40. The molecule has 0 aromatic heterocycles. The molecule has 1 aromatic rings. The lowest BCUT2D eigenvalue weighted by Gasteiger charge is -2.36. The summed E-state index contributed by atoms with van der Waals surface area (Å²) in [5.41, 5.74) is 0.576. The minimum atomic E-state index is -0.325. The Labute approximate surface area is 147 Å². The van der Waals surface area contributed by atoms with E-state index in [4.69, 9.17) is 0 Å². The van der Waals surface area contributed by atoms with E-state index in [1.54, 1.807) is 7.05 Å². The summed E-state index contributed by atoms with van der Waals surface area (Å²) in [5, 5.41) is 6.42. The molecule has 24 heavy (non-hydrogen) atoms. The molecule has 132 valence electrons. The van der Waals surface area contributed by atoms with Crippen LogP contribution < -0.4 is 10.6 Å². The maximum absolute atomic E-state index is 12.9. The van der Waals surface area contributed by atoms with Crippen molar-refractivity contribution in [2.24, 2.45) is 10.9 Å². The lowest BCUT2D eigenvalue weighted by Crippen LogP contribution is -2.50. The van der Waals surface area contributed by atoms with E-state index in [0.717, 1.165) is 24.8 Å². The summed E-state index contributed by atoms with van der Waals surface area (Å²) in [5.74, 6) is 1.90. The van der Waals surface area contributed by atoms with Crippen molar-refractivity contribution in [2.45, 2.75) is 19.1 Å². The summed E-state index contributed by atoms with van der Waals surface area (Å²) in [4.78, 5) is 18.5. The van der Waals surface area contributed by atoms with Gasteiger partial charge in [0.25, 0.3) is 0 Å². The molecule has 2 N–H and O–H groups in total. The number of guanidine groups is 1. The predicted octanol–water partition coefficient (Wildman–Crippen LogP) is 2.41. The highest BCUT2D eigenvalue weighted by Crippen LogP contribution is 2.24. The highest BCUT2D eigenvalue weighted by molar-refractivity contribution is 8.00. The first-order chi connectivity index (χ1) is 11.5. The van der Waals surface area contributed by atoms with Gasteiger partial charge >= 0.3 is 0 Å². The number of nitrogens with one attached hydrogen (secondary N) is 2. The molecule has 0 radical (unpaired) electrons. The zero-order valence-electron chi connectivity index (χ0n) is 14.4. The molecule has 1 saturated heterocycles. The predicted molar refractivity (Wildman–Crippen MR) is 99.0 cm³/mol. The van der Waals surface area contributed by atoms with E-state index in [2.05, 4.69) is 34.4 Å². The normalized spacial score (nSPS) is 18.6. The standard InChI is InChI=1S/C17H25FN4OS/c1-12(2)15-11-22(8-9-24-15)17(19-3)20-10-16(23)21-14-6-4-13(18)5-7-14/h4-7,12,15H,8-11H2,1-3H3,(H,19,20)(H,21,23). The highest BCUT2D eigenvalue weighted by atomic mass is 32.2. The van der Waals surface area contributed by atoms with Crippen molar-refractivity contribution in [1.29, 1.82) is 0 Å².